The first-order valence-corrected chi connectivity index (χ1v) is 11.9. The van der Waals surface area contributed by atoms with Crippen molar-refractivity contribution in [3.63, 3.8) is 0 Å². The maximum absolute atomic E-state index is 13.1. The van der Waals surface area contributed by atoms with Gasteiger partial charge in [0.05, 0.1) is 18.2 Å². The van der Waals surface area contributed by atoms with Crippen LogP contribution in [0.2, 0.25) is 0 Å². The van der Waals surface area contributed by atoms with Crippen LogP contribution in [0, 0.1) is 0 Å². The van der Waals surface area contributed by atoms with Crippen LogP contribution in [-0.4, -0.2) is 24.5 Å². The second-order valence-corrected chi connectivity index (χ2v) is 9.01. The third-order valence-corrected chi connectivity index (χ3v) is 6.84. The Morgan fingerprint density at radius 2 is 1.88 bits per heavy atom. The molecule has 3 aromatic rings. The average molecular weight is 449 g/mol. The first kappa shape index (κ1) is 22.2. The molecule has 0 aliphatic heterocycles. The van der Waals surface area contributed by atoms with Gasteiger partial charge in [-0.3, -0.25) is 10.1 Å². The number of esters is 1. The Labute approximate surface area is 192 Å². The number of carbonyl (C=O) groups is 2. The van der Waals surface area contributed by atoms with E-state index in [4.69, 9.17) is 4.74 Å². The SMILES string of the molecule is CCOC(=O)c1cc(-c2ccccc2)sc1NC(=O)[C@@H](C)N[C@H]1CCCc2ccccc21. The van der Waals surface area contributed by atoms with Gasteiger partial charge < -0.3 is 10.1 Å². The van der Waals surface area contributed by atoms with E-state index < -0.39 is 12.0 Å². The maximum Gasteiger partial charge on any atom is 0.341 e. The van der Waals surface area contributed by atoms with Crippen LogP contribution in [0.25, 0.3) is 10.4 Å². The third kappa shape index (κ3) is 4.92. The highest BCUT2D eigenvalue weighted by atomic mass is 32.1. The van der Waals surface area contributed by atoms with Gasteiger partial charge in [-0.15, -0.1) is 11.3 Å². The summed E-state index contributed by atoms with van der Waals surface area (Å²) in [5, 5.41) is 6.97. The molecule has 166 valence electrons. The summed E-state index contributed by atoms with van der Waals surface area (Å²) < 4.78 is 5.22. The molecule has 32 heavy (non-hydrogen) atoms. The number of aryl methyl sites for hydroxylation is 1. The van der Waals surface area contributed by atoms with Gasteiger partial charge in [0.2, 0.25) is 5.91 Å². The molecule has 0 saturated carbocycles. The lowest BCUT2D eigenvalue weighted by Crippen LogP contribution is -2.41. The van der Waals surface area contributed by atoms with Gasteiger partial charge in [0.15, 0.2) is 0 Å². The minimum atomic E-state index is -0.428. The fourth-order valence-corrected chi connectivity index (χ4v) is 5.17. The predicted molar refractivity (Wildman–Crippen MR) is 129 cm³/mol. The highest BCUT2D eigenvalue weighted by Crippen LogP contribution is 2.36. The summed E-state index contributed by atoms with van der Waals surface area (Å²) in [4.78, 5) is 26.5. The number of rotatable bonds is 7. The van der Waals surface area contributed by atoms with Crippen molar-refractivity contribution in [2.75, 3.05) is 11.9 Å². The van der Waals surface area contributed by atoms with E-state index in [0.717, 1.165) is 29.7 Å². The molecule has 4 rings (SSSR count). The standard InChI is InChI=1S/C26H28N2O3S/c1-3-31-26(30)21-16-23(19-11-5-4-6-12-19)32-25(21)28-24(29)17(2)27-22-15-9-13-18-10-7-8-14-20(18)22/h4-8,10-12,14,16-17,22,27H,3,9,13,15H2,1-2H3,(H,28,29)/t17-,22+/m1/s1. The Morgan fingerprint density at radius 1 is 1.12 bits per heavy atom. The van der Waals surface area contributed by atoms with Crippen LogP contribution in [0.5, 0.6) is 0 Å². The monoisotopic (exact) mass is 448 g/mol. The molecule has 2 aromatic carbocycles. The van der Waals surface area contributed by atoms with Crippen LogP contribution in [0.15, 0.2) is 60.7 Å². The molecule has 0 fully saturated rings. The first-order valence-electron chi connectivity index (χ1n) is 11.1. The van der Waals surface area contributed by atoms with E-state index >= 15 is 0 Å². The minimum absolute atomic E-state index is 0.147. The molecule has 2 atom stereocenters. The summed E-state index contributed by atoms with van der Waals surface area (Å²) in [6.45, 7) is 3.92. The van der Waals surface area contributed by atoms with Crippen molar-refractivity contribution in [1.29, 1.82) is 0 Å². The van der Waals surface area contributed by atoms with E-state index in [2.05, 4.69) is 28.8 Å². The molecule has 1 aliphatic rings. The Hall–Kier alpha value is -2.96. The normalized spacial score (nSPS) is 16.1. The zero-order valence-corrected chi connectivity index (χ0v) is 19.2. The van der Waals surface area contributed by atoms with Gasteiger partial charge in [-0.1, -0.05) is 54.6 Å². The lowest BCUT2D eigenvalue weighted by molar-refractivity contribution is -0.118. The van der Waals surface area contributed by atoms with E-state index in [1.54, 1.807) is 13.0 Å². The highest BCUT2D eigenvalue weighted by Gasteiger charge is 2.26. The molecule has 1 heterocycles. The van der Waals surface area contributed by atoms with Crippen LogP contribution in [-0.2, 0) is 16.0 Å². The summed E-state index contributed by atoms with van der Waals surface area (Å²) in [6.07, 6.45) is 3.18. The summed E-state index contributed by atoms with van der Waals surface area (Å²) in [6, 6.07) is 19.8. The van der Waals surface area contributed by atoms with Crippen LogP contribution in [0.4, 0.5) is 5.00 Å². The lowest BCUT2D eigenvalue weighted by Gasteiger charge is -2.28. The van der Waals surface area contributed by atoms with Crippen LogP contribution in [0.3, 0.4) is 0 Å². The summed E-state index contributed by atoms with van der Waals surface area (Å²) in [5.74, 6) is -0.594. The minimum Gasteiger partial charge on any atom is -0.462 e. The smallest absolute Gasteiger partial charge is 0.341 e. The van der Waals surface area contributed by atoms with Crippen molar-refractivity contribution < 1.29 is 14.3 Å². The molecular weight excluding hydrogens is 420 g/mol. The molecule has 5 nitrogen and oxygen atoms in total. The molecule has 1 aromatic heterocycles. The number of amides is 1. The van der Waals surface area contributed by atoms with Gasteiger partial charge in [-0.2, -0.15) is 0 Å². The molecule has 0 bridgehead atoms. The number of ether oxygens (including phenoxy) is 1. The van der Waals surface area contributed by atoms with Gasteiger partial charge in [0.1, 0.15) is 5.00 Å². The Bertz CT molecular complexity index is 1090. The zero-order chi connectivity index (χ0) is 22.5. The molecule has 1 aliphatic carbocycles. The van der Waals surface area contributed by atoms with Crippen molar-refractivity contribution in [2.45, 2.75) is 45.2 Å². The molecule has 0 saturated heterocycles. The maximum atomic E-state index is 13.1. The van der Waals surface area contributed by atoms with Gasteiger partial charge in [-0.05, 0) is 55.9 Å². The van der Waals surface area contributed by atoms with E-state index in [0.29, 0.717) is 10.6 Å². The van der Waals surface area contributed by atoms with E-state index in [1.807, 2.05) is 43.3 Å². The topological polar surface area (TPSA) is 67.4 Å². The number of benzene rings is 2. The van der Waals surface area contributed by atoms with Gasteiger partial charge in [-0.25, -0.2) is 4.79 Å². The fraction of sp³-hybridized carbons (Fsp3) is 0.308. The van der Waals surface area contributed by atoms with Crippen molar-refractivity contribution in [3.05, 3.63) is 77.4 Å². The number of carbonyl (C=O) groups excluding carboxylic acids is 2. The number of hydrogen-bond donors (Lipinski definition) is 2. The Kier molecular flexibility index (Phi) is 7.02. The largest absolute Gasteiger partial charge is 0.462 e. The Balaban J connectivity index is 1.52. The lowest BCUT2D eigenvalue weighted by atomic mass is 9.87. The van der Waals surface area contributed by atoms with Gasteiger partial charge >= 0.3 is 5.97 Å². The van der Waals surface area contributed by atoms with E-state index in [9.17, 15) is 9.59 Å². The zero-order valence-electron chi connectivity index (χ0n) is 18.4. The van der Waals surface area contributed by atoms with Crippen LogP contribution in [0.1, 0.15) is 54.2 Å². The van der Waals surface area contributed by atoms with Crippen molar-refractivity contribution >= 4 is 28.2 Å². The van der Waals surface area contributed by atoms with Gasteiger partial charge in [0, 0.05) is 10.9 Å². The number of hydrogen-bond acceptors (Lipinski definition) is 5. The number of nitrogens with one attached hydrogen (secondary N) is 2. The number of thiophene rings is 1. The van der Waals surface area contributed by atoms with Crippen molar-refractivity contribution in [3.8, 4) is 10.4 Å². The van der Waals surface area contributed by atoms with Gasteiger partial charge in [0.25, 0.3) is 0 Å². The summed E-state index contributed by atoms with van der Waals surface area (Å²) >= 11 is 1.39. The number of anilines is 1. The summed E-state index contributed by atoms with van der Waals surface area (Å²) in [7, 11) is 0. The Morgan fingerprint density at radius 3 is 2.66 bits per heavy atom. The first-order chi connectivity index (χ1) is 15.6. The fourth-order valence-electron chi connectivity index (χ4n) is 4.11. The third-order valence-electron chi connectivity index (χ3n) is 5.74. The molecule has 0 spiro atoms. The predicted octanol–water partition coefficient (Wildman–Crippen LogP) is 5.59. The molecule has 6 heteroatoms. The van der Waals surface area contributed by atoms with E-state index in [1.165, 1.54) is 22.5 Å². The van der Waals surface area contributed by atoms with Crippen molar-refractivity contribution in [1.82, 2.24) is 5.32 Å². The molecular formula is C26H28N2O3S. The van der Waals surface area contributed by atoms with E-state index in [-0.39, 0.29) is 18.6 Å². The molecule has 1 amide bonds. The molecule has 2 N–H and O–H groups in total. The molecule has 0 radical (unpaired) electrons. The van der Waals surface area contributed by atoms with Crippen molar-refractivity contribution in [2.24, 2.45) is 0 Å². The second-order valence-electron chi connectivity index (χ2n) is 7.96. The quantitative estimate of drug-likeness (QED) is 0.463. The number of fused-ring (bicyclic) bond motifs is 1. The summed E-state index contributed by atoms with van der Waals surface area (Å²) in [5.41, 5.74) is 4.00. The van der Waals surface area contributed by atoms with Crippen LogP contribution < -0.4 is 10.6 Å². The highest BCUT2D eigenvalue weighted by molar-refractivity contribution is 7.20. The second kappa shape index (κ2) is 10.1. The average Bonchev–Trinajstić information content (AvgIpc) is 3.24. The molecule has 0 unspecified atom stereocenters. The van der Waals surface area contributed by atoms with Crippen LogP contribution >= 0.6 is 11.3 Å².